The summed E-state index contributed by atoms with van der Waals surface area (Å²) >= 11 is 0. The number of nitrogens with one attached hydrogen (secondary N) is 1. The Labute approximate surface area is 197 Å². The lowest BCUT2D eigenvalue weighted by atomic mass is 9.83. The van der Waals surface area contributed by atoms with Crippen molar-refractivity contribution in [2.45, 2.75) is 104 Å². The van der Waals surface area contributed by atoms with Crippen molar-refractivity contribution in [1.29, 1.82) is 0 Å². The summed E-state index contributed by atoms with van der Waals surface area (Å²) in [4.78, 5) is 17.3. The molecule has 2 amide bonds. The topological polar surface area (TPSA) is 54.0 Å². The minimum atomic E-state index is -0.285. The summed E-state index contributed by atoms with van der Waals surface area (Å²) in [5.74, 6) is 1.67. The summed E-state index contributed by atoms with van der Waals surface area (Å²) in [6, 6.07) is 0.0809. The van der Waals surface area contributed by atoms with E-state index in [2.05, 4.69) is 58.8 Å². The zero-order valence-corrected chi connectivity index (χ0v) is 22.0. The van der Waals surface area contributed by atoms with Crippen molar-refractivity contribution in [1.82, 2.24) is 15.1 Å². The molecule has 2 saturated heterocycles. The molecule has 0 radical (unpaired) electrons. The molecule has 188 valence electrons. The summed E-state index contributed by atoms with van der Waals surface area (Å²) < 4.78 is 11.8. The lowest BCUT2D eigenvalue weighted by Crippen LogP contribution is -2.52. The summed E-state index contributed by atoms with van der Waals surface area (Å²) in [6.45, 7) is 18.1. The zero-order valence-electron chi connectivity index (χ0n) is 22.0. The molecule has 0 unspecified atom stereocenters. The Morgan fingerprint density at radius 1 is 0.938 bits per heavy atom. The predicted molar refractivity (Wildman–Crippen MR) is 132 cm³/mol. The first kappa shape index (κ1) is 27.4. The number of carbonyl (C=O) groups excluding carboxylic acids is 1. The van der Waals surface area contributed by atoms with Gasteiger partial charge in [-0.15, -0.1) is 0 Å². The van der Waals surface area contributed by atoms with Crippen LogP contribution in [-0.4, -0.2) is 79.5 Å². The number of rotatable bonds is 11. The Hall–Kier alpha value is -0.850. The van der Waals surface area contributed by atoms with E-state index in [-0.39, 0.29) is 23.3 Å². The monoisotopic (exact) mass is 453 g/mol. The number of nitrogens with zero attached hydrogens (tertiary/aromatic N) is 2. The smallest absolute Gasteiger partial charge is 0.317 e. The number of ether oxygens (including phenoxy) is 2. The third kappa shape index (κ3) is 10.4. The minimum absolute atomic E-state index is 0.0809. The lowest BCUT2D eigenvalue weighted by Gasteiger charge is -2.37. The molecule has 0 aromatic carbocycles. The first-order valence-corrected chi connectivity index (χ1v) is 13.0. The van der Waals surface area contributed by atoms with Gasteiger partial charge in [-0.25, -0.2) is 4.79 Å². The summed E-state index contributed by atoms with van der Waals surface area (Å²) in [5, 5.41) is 3.25. The molecule has 32 heavy (non-hydrogen) atoms. The quantitative estimate of drug-likeness (QED) is 0.482. The van der Waals surface area contributed by atoms with Gasteiger partial charge >= 0.3 is 6.03 Å². The largest absolute Gasteiger partial charge is 0.379 e. The van der Waals surface area contributed by atoms with E-state index in [1.54, 1.807) is 0 Å². The molecule has 0 atom stereocenters. The van der Waals surface area contributed by atoms with Crippen LogP contribution in [0.2, 0.25) is 0 Å². The summed E-state index contributed by atoms with van der Waals surface area (Å²) in [6.07, 6.45) is 8.24. The molecular formula is C26H51N3O3. The van der Waals surface area contributed by atoms with Gasteiger partial charge in [0.15, 0.2) is 0 Å². The van der Waals surface area contributed by atoms with E-state index >= 15 is 0 Å². The van der Waals surface area contributed by atoms with Gasteiger partial charge in [0.1, 0.15) is 0 Å². The van der Waals surface area contributed by atoms with Gasteiger partial charge in [-0.2, -0.15) is 0 Å². The fourth-order valence-electron chi connectivity index (χ4n) is 4.77. The second kappa shape index (κ2) is 12.6. The molecule has 2 rings (SSSR count). The van der Waals surface area contributed by atoms with Crippen LogP contribution in [0, 0.1) is 11.8 Å². The van der Waals surface area contributed by atoms with Crippen LogP contribution >= 0.6 is 0 Å². The minimum Gasteiger partial charge on any atom is -0.379 e. The molecule has 0 aromatic rings. The van der Waals surface area contributed by atoms with E-state index in [0.717, 1.165) is 50.6 Å². The average Bonchev–Trinajstić information content (AvgIpc) is 2.69. The van der Waals surface area contributed by atoms with E-state index in [1.165, 1.54) is 32.4 Å². The molecule has 1 N–H and O–H groups in total. The average molecular weight is 454 g/mol. The lowest BCUT2D eigenvalue weighted by molar-refractivity contribution is -0.0520. The molecular weight excluding hydrogens is 402 g/mol. The van der Waals surface area contributed by atoms with Crippen molar-refractivity contribution in [3.8, 4) is 0 Å². The third-order valence-electron chi connectivity index (χ3n) is 7.23. The first-order chi connectivity index (χ1) is 15.0. The Morgan fingerprint density at radius 3 is 2.06 bits per heavy atom. The molecule has 2 aliphatic rings. The van der Waals surface area contributed by atoms with Gasteiger partial charge in [0.05, 0.1) is 11.7 Å². The molecule has 6 heteroatoms. The molecule has 0 bridgehead atoms. The van der Waals surface area contributed by atoms with Crippen molar-refractivity contribution >= 4 is 6.03 Å². The number of amides is 2. The molecule has 0 aromatic heterocycles. The van der Waals surface area contributed by atoms with Crippen molar-refractivity contribution in [2.75, 3.05) is 46.4 Å². The predicted octanol–water partition coefficient (Wildman–Crippen LogP) is 4.92. The van der Waals surface area contributed by atoms with E-state index in [0.29, 0.717) is 13.2 Å². The van der Waals surface area contributed by atoms with Gasteiger partial charge in [0, 0.05) is 31.8 Å². The number of piperidine rings is 2. The Bertz CT molecular complexity index is 549. The van der Waals surface area contributed by atoms with Crippen LogP contribution in [-0.2, 0) is 9.47 Å². The molecule has 0 saturated carbocycles. The van der Waals surface area contributed by atoms with Crippen LogP contribution in [0.15, 0.2) is 0 Å². The second-order valence-electron chi connectivity index (χ2n) is 11.8. The summed E-state index contributed by atoms with van der Waals surface area (Å²) in [7, 11) is 2.23. The fraction of sp³-hybridized carbons (Fsp3) is 0.962. The van der Waals surface area contributed by atoms with Crippen LogP contribution in [0.1, 0.15) is 86.5 Å². The van der Waals surface area contributed by atoms with E-state index in [1.807, 2.05) is 4.90 Å². The maximum Gasteiger partial charge on any atom is 0.317 e. The molecule has 2 fully saturated rings. The van der Waals surface area contributed by atoms with Gasteiger partial charge in [-0.1, -0.05) is 0 Å². The summed E-state index contributed by atoms with van der Waals surface area (Å²) in [5.41, 5.74) is -0.503. The Morgan fingerprint density at radius 2 is 1.50 bits per heavy atom. The van der Waals surface area contributed by atoms with Crippen LogP contribution < -0.4 is 5.32 Å². The van der Waals surface area contributed by atoms with Crippen LogP contribution in [0.25, 0.3) is 0 Å². The van der Waals surface area contributed by atoms with Gasteiger partial charge in [-0.3, -0.25) is 0 Å². The standard InChI is InChI=1S/C26H51N3O3/c1-21(2)31-18-13-26(5,6)32-19-12-25(3,4)27-24(30)29-16-10-23(11-17-29)20-22-8-14-28(7)15-9-22/h21-23H,8-20H2,1-7H3,(H,27,30). The Kier molecular flexibility index (Phi) is 10.8. The number of urea groups is 1. The fourth-order valence-corrected chi connectivity index (χ4v) is 4.77. The van der Waals surface area contributed by atoms with Gasteiger partial charge in [-0.05, 0) is 118 Å². The number of hydrogen-bond donors (Lipinski definition) is 1. The second-order valence-corrected chi connectivity index (χ2v) is 11.8. The normalized spacial score (nSPS) is 20.2. The highest BCUT2D eigenvalue weighted by Gasteiger charge is 2.29. The molecule has 2 heterocycles. The van der Waals surface area contributed by atoms with Crippen molar-refractivity contribution in [3.05, 3.63) is 0 Å². The Balaban J connectivity index is 1.65. The van der Waals surface area contributed by atoms with Gasteiger partial charge in [0.2, 0.25) is 0 Å². The van der Waals surface area contributed by atoms with Crippen LogP contribution in [0.4, 0.5) is 4.79 Å². The third-order valence-corrected chi connectivity index (χ3v) is 7.23. The van der Waals surface area contributed by atoms with E-state index in [9.17, 15) is 4.79 Å². The number of carbonyl (C=O) groups is 1. The van der Waals surface area contributed by atoms with Crippen molar-refractivity contribution < 1.29 is 14.3 Å². The highest BCUT2D eigenvalue weighted by Crippen LogP contribution is 2.29. The molecule has 6 nitrogen and oxygen atoms in total. The van der Waals surface area contributed by atoms with Gasteiger partial charge in [0.25, 0.3) is 0 Å². The zero-order chi connectivity index (χ0) is 23.8. The first-order valence-electron chi connectivity index (χ1n) is 13.0. The highest BCUT2D eigenvalue weighted by molar-refractivity contribution is 5.75. The molecule has 0 spiro atoms. The van der Waals surface area contributed by atoms with Crippen molar-refractivity contribution in [2.24, 2.45) is 11.8 Å². The van der Waals surface area contributed by atoms with E-state index in [4.69, 9.17) is 9.47 Å². The maximum absolute atomic E-state index is 12.9. The van der Waals surface area contributed by atoms with E-state index < -0.39 is 0 Å². The SMILES string of the molecule is CC(C)OCCC(C)(C)OCCC(C)(C)NC(=O)N1CCC(CC2CCN(C)CC2)CC1. The van der Waals surface area contributed by atoms with Gasteiger partial charge < -0.3 is 24.6 Å². The number of hydrogen-bond acceptors (Lipinski definition) is 4. The van der Waals surface area contributed by atoms with Crippen molar-refractivity contribution in [3.63, 3.8) is 0 Å². The van der Waals surface area contributed by atoms with Crippen LogP contribution in [0.5, 0.6) is 0 Å². The molecule has 0 aliphatic carbocycles. The highest BCUT2D eigenvalue weighted by atomic mass is 16.5. The maximum atomic E-state index is 12.9. The number of likely N-dealkylation sites (tertiary alicyclic amines) is 2. The van der Waals surface area contributed by atoms with Crippen LogP contribution in [0.3, 0.4) is 0 Å². The molecule has 2 aliphatic heterocycles.